The maximum absolute atomic E-state index is 13.6. The van der Waals surface area contributed by atoms with Crippen molar-refractivity contribution in [1.82, 2.24) is 4.90 Å². The van der Waals surface area contributed by atoms with Gasteiger partial charge in [-0.15, -0.1) is 0 Å². The van der Waals surface area contributed by atoms with Crippen LogP contribution >= 0.6 is 0 Å². The standard InChI is InChI=1S/C29H39NO6/c1-19-24(17-25(34-5)20(2)27(19)35-6)21(3)30(26(31)18-29(28(32)33)13-10-14-29)15-16-36-22(4)23-11-8-7-9-12-23/h7-9,11-12,17,21-22H,10,13-16,18H2,1-6H3,(H,32,33)/t21?,22-/m0/s1. The molecule has 0 radical (unpaired) electrons. The minimum absolute atomic E-state index is 0.0138. The molecule has 7 nitrogen and oxygen atoms in total. The Bertz CT molecular complexity index is 1060. The molecule has 2 atom stereocenters. The Labute approximate surface area is 214 Å². The van der Waals surface area contributed by atoms with E-state index in [-0.39, 0.29) is 24.5 Å². The number of carboxylic acids is 1. The molecule has 2 aromatic carbocycles. The van der Waals surface area contributed by atoms with Crippen LogP contribution in [0.5, 0.6) is 11.5 Å². The van der Waals surface area contributed by atoms with Gasteiger partial charge in [0.05, 0.1) is 38.4 Å². The minimum atomic E-state index is -0.967. The fraction of sp³-hybridized carbons (Fsp3) is 0.517. The Balaban J connectivity index is 1.87. The lowest BCUT2D eigenvalue weighted by molar-refractivity contribution is -0.160. The Morgan fingerprint density at radius 1 is 1.06 bits per heavy atom. The first kappa shape index (κ1) is 27.5. The maximum Gasteiger partial charge on any atom is 0.310 e. The van der Waals surface area contributed by atoms with E-state index < -0.39 is 11.4 Å². The predicted octanol–water partition coefficient (Wildman–Crippen LogP) is 5.63. The Kier molecular flexibility index (Phi) is 9.01. The van der Waals surface area contributed by atoms with Gasteiger partial charge in [-0.05, 0) is 63.3 Å². The van der Waals surface area contributed by atoms with E-state index in [1.807, 2.05) is 64.1 Å². The number of ether oxygens (including phenoxy) is 3. The van der Waals surface area contributed by atoms with Crippen LogP contribution in [0.25, 0.3) is 0 Å². The van der Waals surface area contributed by atoms with Crippen LogP contribution in [0.1, 0.15) is 73.9 Å². The number of benzene rings is 2. The first-order valence-corrected chi connectivity index (χ1v) is 12.6. The van der Waals surface area contributed by atoms with E-state index in [0.29, 0.717) is 31.7 Å². The van der Waals surface area contributed by atoms with Crippen LogP contribution in [0.2, 0.25) is 0 Å². The molecule has 1 amide bonds. The fourth-order valence-electron chi connectivity index (χ4n) is 5.15. The van der Waals surface area contributed by atoms with Crippen molar-refractivity contribution in [2.75, 3.05) is 27.4 Å². The zero-order chi connectivity index (χ0) is 26.5. The second kappa shape index (κ2) is 11.8. The number of carboxylic acid groups (broad SMARTS) is 1. The number of amides is 1. The summed E-state index contributed by atoms with van der Waals surface area (Å²) < 4.78 is 17.3. The molecule has 196 valence electrons. The molecule has 1 fully saturated rings. The van der Waals surface area contributed by atoms with E-state index in [9.17, 15) is 14.7 Å². The fourth-order valence-corrected chi connectivity index (χ4v) is 5.15. The minimum Gasteiger partial charge on any atom is -0.496 e. The molecule has 0 spiro atoms. The lowest BCUT2D eigenvalue weighted by Crippen LogP contribution is -2.45. The number of aliphatic carboxylic acids is 1. The van der Waals surface area contributed by atoms with E-state index in [1.165, 1.54) is 0 Å². The normalized spacial score (nSPS) is 15.9. The second-order valence-electron chi connectivity index (χ2n) is 9.75. The molecular formula is C29H39NO6. The third-order valence-corrected chi connectivity index (χ3v) is 7.66. The number of methoxy groups -OCH3 is 2. The van der Waals surface area contributed by atoms with Gasteiger partial charge in [-0.25, -0.2) is 0 Å². The highest BCUT2D eigenvalue weighted by Crippen LogP contribution is 2.45. The summed E-state index contributed by atoms with van der Waals surface area (Å²) in [6.45, 7) is 8.52. The van der Waals surface area contributed by atoms with Crippen molar-refractivity contribution in [2.24, 2.45) is 5.41 Å². The number of hydrogen-bond donors (Lipinski definition) is 1. The third kappa shape index (κ3) is 5.67. The molecule has 0 bridgehead atoms. The molecular weight excluding hydrogens is 458 g/mol. The summed E-state index contributed by atoms with van der Waals surface area (Å²) in [6.07, 6.45) is 1.75. The monoisotopic (exact) mass is 497 g/mol. The van der Waals surface area contributed by atoms with E-state index in [0.717, 1.165) is 34.4 Å². The third-order valence-electron chi connectivity index (χ3n) is 7.66. The molecule has 2 aromatic rings. The predicted molar refractivity (Wildman–Crippen MR) is 138 cm³/mol. The number of carbonyl (C=O) groups excluding carboxylic acids is 1. The van der Waals surface area contributed by atoms with Crippen LogP contribution in [0.15, 0.2) is 36.4 Å². The van der Waals surface area contributed by atoms with Gasteiger partial charge < -0.3 is 24.2 Å². The molecule has 1 aliphatic rings. The van der Waals surface area contributed by atoms with Gasteiger partial charge in [0.15, 0.2) is 0 Å². The number of nitrogens with zero attached hydrogens (tertiary/aromatic N) is 1. The average Bonchev–Trinajstić information content (AvgIpc) is 2.84. The highest BCUT2D eigenvalue weighted by atomic mass is 16.5. The van der Waals surface area contributed by atoms with Gasteiger partial charge in [-0.2, -0.15) is 0 Å². The van der Waals surface area contributed by atoms with Gasteiger partial charge in [0.2, 0.25) is 5.91 Å². The summed E-state index contributed by atoms with van der Waals surface area (Å²) in [5, 5.41) is 9.83. The first-order valence-electron chi connectivity index (χ1n) is 12.6. The summed E-state index contributed by atoms with van der Waals surface area (Å²) in [4.78, 5) is 27.4. The molecule has 1 saturated carbocycles. The summed E-state index contributed by atoms with van der Waals surface area (Å²) >= 11 is 0. The summed E-state index contributed by atoms with van der Waals surface area (Å²) in [5.41, 5.74) is 2.82. The molecule has 36 heavy (non-hydrogen) atoms. The molecule has 1 unspecified atom stereocenters. The highest BCUT2D eigenvalue weighted by molar-refractivity contribution is 5.86. The molecule has 1 N–H and O–H groups in total. The lowest BCUT2D eigenvalue weighted by atomic mass is 9.66. The molecule has 0 aliphatic heterocycles. The molecule has 1 aliphatic carbocycles. The van der Waals surface area contributed by atoms with E-state index in [2.05, 4.69) is 0 Å². The zero-order valence-electron chi connectivity index (χ0n) is 22.3. The van der Waals surface area contributed by atoms with Crippen LogP contribution in [-0.4, -0.2) is 49.3 Å². The van der Waals surface area contributed by atoms with Gasteiger partial charge in [0.25, 0.3) is 0 Å². The average molecular weight is 498 g/mol. The SMILES string of the molecule is COc1cc(C(C)N(CCO[C@@H](C)c2ccccc2)C(=O)CC2(C(=O)O)CCC2)c(C)c(OC)c1C. The van der Waals surface area contributed by atoms with Gasteiger partial charge in [-0.3, -0.25) is 9.59 Å². The van der Waals surface area contributed by atoms with E-state index in [1.54, 1.807) is 19.1 Å². The number of hydrogen-bond acceptors (Lipinski definition) is 5. The Morgan fingerprint density at radius 2 is 1.72 bits per heavy atom. The van der Waals surface area contributed by atoms with Crippen LogP contribution in [-0.2, 0) is 14.3 Å². The first-order chi connectivity index (χ1) is 17.1. The maximum atomic E-state index is 13.6. The van der Waals surface area contributed by atoms with E-state index >= 15 is 0 Å². The van der Waals surface area contributed by atoms with Gasteiger partial charge in [-0.1, -0.05) is 36.8 Å². The van der Waals surface area contributed by atoms with Crippen LogP contribution < -0.4 is 9.47 Å². The zero-order valence-corrected chi connectivity index (χ0v) is 22.3. The van der Waals surface area contributed by atoms with Gasteiger partial charge in [0, 0.05) is 18.5 Å². The van der Waals surface area contributed by atoms with Gasteiger partial charge >= 0.3 is 5.97 Å². The van der Waals surface area contributed by atoms with Crippen molar-refractivity contribution in [3.8, 4) is 11.5 Å². The largest absolute Gasteiger partial charge is 0.496 e. The molecule has 7 heteroatoms. The molecule has 0 saturated heterocycles. The lowest BCUT2D eigenvalue weighted by Gasteiger charge is -2.40. The van der Waals surface area contributed by atoms with Crippen molar-refractivity contribution in [3.63, 3.8) is 0 Å². The number of carbonyl (C=O) groups is 2. The van der Waals surface area contributed by atoms with Crippen LogP contribution in [0, 0.1) is 19.3 Å². The van der Waals surface area contributed by atoms with Crippen LogP contribution in [0.3, 0.4) is 0 Å². The van der Waals surface area contributed by atoms with E-state index in [4.69, 9.17) is 14.2 Å². The van der Waals surface area contributed by atoms with Crippen molar-refractivity contribution in [2.45, 2.75) is 65.5 Å². The smallest absolute Gasteiger partial charge is 0.310 e. The summed E-state index contributed by atoms with van der Waals surface area (Å²) in [5.74, 6) is 0.331. The van der Waals surface area contributed by atoms with Crippen molar-refractivity contribution < 1.29 is 28.9 Å². The quantitative estimate of drug-likeness (QED) is 0.409. The topological polar surface area (TPSA) is 85.3 Å². The Morgan fingerprint density at radius 3 is 2.25 bits per heavy atom. The Hall–Kier alpha value is -3.06. The number of rotatable bonds is 12. The molecule has 0 heterocycles. The van der Waals surface area contributed by atoms with Crippen molar-refractivity contribution >= 4 is 11.9 Å². The van der Waals surface area contributed by atoms with Crippen LogP contribution in [0.4, 0.5) is 0 Å². The summed E-state index contributed by atoms with van der Waals surface area (Å²) in [7, 11) is 3.23. The van der Waals surface area contributed by atoms with Crippen molar-refractivity contribution in [3.05, 3.63) is 58.7 Å². The summed E-state index contributed by atoms with van der Waals surface area (Å²) in [6, 6.07) is 11.5. The highest BCUT2D eigenvalue weighted by Gasteiger charge is 2.47. The van der Waals surface area contributed by atoms with Crippen molar-refractivity contribution in [1.29, 1.82) is 0 Å². The van der Waals surface area contributed by atoms with Gasteiger partial charge in [0.1, 0.15) is 11.5 Å². The molecule has 0 aromatic heterocycles. The molecule has 3 rings (SSSR count). The second-order valence-corrected chi connectivity index (χ2v) is 9.75.